The van der Waals surface area contributed by atoms with E-state index in [-0.39, 0.29) is 0 Å². The summed E-state index contributed by atoms with van der Waals surface area (Å²) < 4.78 is 5.12. The van der Waals surface area contributed by atoms with Crippen LogP contribution in [0.25, 0.3) is 5.57 Å². The summed E-state index contributed by atoms with van der Waals surface area (Å²) in [5.41, 5.74) is 3.34. The zero-order chi connectivity index (χ0) is 12.0. The van der Waals surface area contributed by atoms with Crippen molar-refractivity contribution >= 4 is 5.57 Å². The molecule has 2 rings (SSSR count). The molecular weight excluding hydrogens is 198 g/mol. The van der Waals surface area contributed by atoms with E-state index in [0.29, 0.717) is 0 Å². The van der Waals surface area contributed by atoms with Crippen molar-refractivity contribution in [3.8, 4) is 0 Å². The first-order chi connectivity index (χ1) is 7.70. The van der Waals surface area contributed by atoms with Gasteiger partial charge >= 0.3 is 0 Å². The molecule has 1 aliphatic rings. The molecule has 1 aromatic rings. The first-order valence-corrected chi connectivity index (χ1v) is 6.00. The van der Waals surface area contributed by atoms with Crippen molar-refractivity contribution < 1.29 is 4.52 Å². The van der Waals surface area contributed by atoms with Crippen LogP contribution in [0.15, 0.2) is 22.8 Å². The summed E-state index contributed by atoms with van der Waals surface area (Å²) in [6.45, 7) is 8.24. The maximum absolute atomic E-state index is 5.12. The average Bonchev–Trinajstić information content (AvgIpc) is 2.62. The summed E-state index contributed by atoms with van der Waals surface area (Å²) in [6.07, 6.45) is 10.0. The van der Waals surface area contributed by atoms with E-state index in [1.165, 1.54) is 12.0 Å². The van der Waals surface area contributed by atoms with Gasteiger partial charge in [-0.1, -0.05) is 43.7 Å². The lowest BCUT2D eigenvalue weighted by Gasteiger charge is -2.03. The van der Waals surface area contributed by atoms with E-state index >= 15 is 0 Å². The molecule has 16 heavy (non-hydrogen) atoms. The van der Waals surface area contributed by atoms with Crippen molar-refractivity contribution in [1.29, 1.82) is 0 Å². The van der Waals surface area contributed by atoms with Crippen LogP contribution in [0, 0.1) is 13.8 Å². The van der Waals surface area contributed by atoms with Gasteiger partial charge in [0.15, 0.2) is 0 Å². The zero-order valence-corrected chi connectivity index (χ0v) is 10.7. The van der Waals surface area contributed by atoms with Crippen LogP contribution in [0.4, 0.5) is 0 Å². The van der Waals surface area contributed by atoms with Crippen molar-refractivity contribution in [2.24, 2.45) is 0 Å². The van der Waals surface area contributed by atoms with Crippen molar-refractivity contribution in [1.82, 2.24) is 5.16 Å². The molecule has 88 valence electrons. The van der Waals surface area contributed by atoms with Crippen LogP contribution in [-0.4, -0.2) is 5.16 Å². The fourth-order valence-electron chi connectivity index (χ4n) is 1.48. The number of aromatic nitrogens is 1. The lowest BCUT2D eigenvalue weighted by molar-refractivity contribution is 0.395. The number of aryl methyl sites for hydroxylation is 1. The van der Waals surface area contributed by atoms with Gasteiger partial charge < -0.3 is 4.52 Å². The van der Waals surface area contributed by atoms with E-state index in [1.54, 1.807) is 0 Å². The minimum absolute atomic E-state index is 0.912. The van der Waals surface area contributed by atoms with Gasteiger partial charge in [-0.3, -0.25) is 0 Å². The molecule has 0 saturated heterocycles. The molecule has 0 atom stereocenters. The molecule has 0 N–H and O–H groups in total. The molecule has 0 radical (unpaired) electrons. The quantitative estimate of drug-likeness (QED) is 0.697. The largest absolute Gasteiger partial charge is 0.361 e. The van der Waals surface area contributed by atoms with E-state index in [9.17, 15) is 0 Å². The predicted octanol–water partition coefficient (Wildman–Crippen LogP) is 4.44. The Morgan fingerprint density at radius 3 is 2.38 bits per heavy atom. The summed E-state index contributed by atoms with van der Waals surface area (Å²) in [6, 6.07) is 0. The number of hydrogen-bond donors (Lipinski definition) is 0. The Morgan fingerprint density at radius 2 is 1.94 bits per heavy atom. The van der Waals surface area contributed by atoms with E-state index in [2.05, 4.69) is 37.2 Å². The first kappa shape index (κ1) is 12.8. The molecule has 1 aliphatic carbocycles. The average molecular weight is 219 g/mol. The Balaban J connectivity index is 0.000000386. The van der Waals surface area contributed by atoms with E-state index in [4.69, 9.17) is 4.52 Å². The van der Waals surface area contributed by atoms with Crippen molar-refractivity contribution in [2.75, 3.05) is 0 Å². The van der Waals surface area contributed by atoms with Gasteiger partial charge in [0.05, 0.1) is 0 Å². The Morgan fingerprint density at radius 1 is 1.25 bits per heavy atom. The van der Waals surface area contributed by atoms with Gasteiger partial charge in [0.25, 0.3) is 0 Å². The van der Waals surface area contributed by atoms with E-state index in [0.717, 1.165) is 29.9 Å². The SMILES string of the molecule is CCC.Cc1onc(C2=CCCC=C2)c1C. The maximum Gasteiger partial charge on any atom is 0.137 e. The van der Waals surface area contributed by atoms with E-state index in [1.807, 2.05) is 13.8 Å². The molecule has 1 aromatic heterocycles. The number of allylic oxidation sites excluding steroid dienone is 4. The van der Waals surface area contributed by atoms with Crippen molar-refractivity contribution in [3.63, 3.8) is 0 Å². The predicted molar refractivity (Wildman–Crippen MR) is 68.3 cm³/mol. The molecule has 0 aromatic carbocycles. The minimum atomic E-state index is 0.912. The molecule has 0 amide bonds. The third kappa shape index (κ3) is 3.09. The van der Waals surface area contributed by atoms with Gasteiger partial charge in [0.1, 0.15) is 11.5 Å². The summed E-state index contributed by atoms with van der Waals surface area (Å²) in [4.78, 5) is 0. The number of rotatable bonds is 1. The van der Waals surface area contributed by atoms with Gasteiger partial charge in [0, 0.05) is 5.56 Å². The van der Waals surface area contributed by atoms with Crippen molar-refractivity contribution in [3.05, 3.63) is 35.2 Å². The molecule has 0 fully saturated rings. The highest BCUT2D eigenvalue weighted by Crippen LogP contribution is 2.24. The lowest BCUT2D eigenvalue weighted by atomic mass is 10.0. The second-order valence-electron chi connectivity index (χ2n) is 4.06. The maximum atomic E-state index is 5.12. The first-order valence-electron chi connectivity index (χ1n) is 6.00. The summed E-state index contributed by atoms with van der Waals surface area (Å²) >= 11 is 0. The third-order valence-corrected chi connectivity index (χ3v) is 2.43. The van der Waals surface area contributed by atoms with Gasteiger partial charge in [-0.25, -0.2) is 0 Å². The smallest absolute Gasteiger partial charge is 0.137 e. The normalized spacial score (nSPS) is 14.1. The van der Waals surface area contributed by atoms with Gasteiger partial charge in [-0.15, -0.1) is 0 Å². The Labute approximate surface area is 98.0 Å². The zero-order valence-electron chi connectivity index (χ0n) is 10.7. The van der Waals surface area contributed by atoms with Crippen LogP contribution >= 0.6 is 0 Å². The van der Waals surface area contributed by atoms with Gasteiger partial charge in [-0.2, -0.15) is 0 Å². The molecule has 0 spiro atoms. The Kier molecular flexibility index (Phi) is 5.03. The highest BCUT2D eigenvalue weighted by atomic mass is 16.5. The van der Waals surface area contributed by atoms with Crippen LogP contribution in [0.1, 0.15) is 50.1 Å². The monoisotopic (exact) mass is 219 g/mol. The van der Waals surface area contributed by atoms with Gasteiger partial charge in [-0.05, 0) is 32.3 Å². The topological polar surface area (TPSA) is 26.0 Å². The molecule has 0 unspecified atom stereocenters. The summed E-state index contributed by atoms with van der Waals surface area (Å²) in [5.74, 6) is 0.912. The molecule has 2 nitrogen and oxygen atoms in total. The fraction of sp³-hybridized carbons (Fsp3) is 0.500. The number of hydrogen-bond acceptors (Lipinski definition) is 2. The fourth-order valence-corrected chi connectivity index (χ4v) is 1.48. The molecule has 2 heteroatoms. The summed E-state index contributed by atoms with van der Waals surface area (Å²) in [7, 11) is 0. The van der Waals surface area contributed by atoms with E-state index < -0.39 is 0 Å². The van der Waals surface area contributed by atoms with Crippen LogP contribution in [-0.2, 0) is 0 Å². The lowest BCUT2D eigenvalue weighted by Crippen LogP contribution is -1.88. The van der Waals surface area contributed by atoms with Gasteiger partial charge in [0.2, 0.25) is 0 Å². The standard InChI is InChI=1S/C11H13NO.C3H8/c1-8-9(2)13-12-11(8)10-6-4-3-5-7-10;1-3-2/h4,6-7H,3,5H2,1-2H3;3H2,1-2H3. The van der Waals surface area contributed by atoms with Crippen LogP contribution in [0.3, 0.4) is 0 Å². The second kappa shape index (κ2) is 6.31. The third-order valence-electron chi connectivity index (χ3n) is 2.43. The minimum Gasteiger partial charge on any atom is -0.361 e. The molecule has 0 aliphatic heterocycles. The number of nitrogens with zero attached hydrogens (tertiary/aromatic N) is 1. The molecular formula is C14H21NO. The van der Waals surface area contributed by atoms with Crippen LogP contribution < -0.4 is 0 Å². The molecule has 0 bridgehead atoms. The molecule has 0 saturated carbocycles. The van der Waals surface area contributed by atoms with Crippen LogP contribution in [0.5, 0.6) is 0 Å². The highest BCUT2D eigenvalue weighted by Gasteiger charge is 2.11. The summed E-state index contributed by atoms with van der Waals surface area (Å²) in [5, 5.41) is 4.04. The highest BCUT2D eigenvalue weighted by molar-refractivity contribution is 5.74. The second-order valence-corrected chi connectivity index (χ2v) is 4.06. The van der Waals surface area contributed by atoms with Crippen LogP contribution in [0.2, 0.25) is 0 Å². The van der Waals surface area contributed by atoms with Crippen molar-refractivity contribution in [2.45, 2.75) is 47.0 Å². The molecule has 1 heterocycles. The Bertz CT molecular complexity index is 385. The Hall–Kier alpha value is -1.31.